The molecule has 2 rings (SSSR count). The maximum atomic E-state index is 12.3. The Bertz CT molecular complexity index is 568. The average Bonchev–Trinajstić information content (AvgIpc) is 2.35. The highest BCUT2D eigenvalue weighted by molar-refractivity contribution is 7.89. The van der Waals surface area contributed by atoms with Gasteiger partial charge in [-0.2, -0.15) is 0 Å². The van der Waals surface area contributed by atoms with Gasteiger partial charge in [0.2, 0.25) is 10.0 Å². The van der Waals surface area contributed by atoms with Crippen molar-refractivity contribution in [3.63, 3.8) is 0 Å². The predicted molar refractivity (Wildman–Crippen MR) is 81.7 cm³/mol. The number of sulfonamides is 1. The van der Waals surface area contributed by atoms with Gasteiger partial charge in [-0.1, -0.05) is 18.5 Å². The predicted octanol–water partition coefficient (Wildman–Crippen LogP) is 1.02. The number of hydrogen-bond donors (Lipinski definition) is 3. The average molecular weight is 341 g/mol. The number of halogens is 2. The van der Waals surface area contributed by atoms with Crippen molar-refractivity contribution in [2.75, 3.05) is 18.8 Å². The number of nitrogens with two attached hydrogens (primary N) is 1. The van der Waals surface area contributed by atoms with Crippen molar-refractivity contribution in [1.29, 1.82) is 0 Å². The van der Waals surface area contributed by atoms with Crippen LogP contribution in [0.1, 0.15) is 13.3 Å². The molecule has 0 saturated carbocycles. The lowest BCUT2D eigenvalue weighted by atomic mass is 9.97. The van der Waals surface area contributed by atoms with Gasteiger partial charge in [0.25, 0.3) is 0 Å². The smallest absolute Gasteiger partial charge is 0.244 e. The first-order valence-electron chi connectivity index (χ1n) is 6.04. The van der Waals surface area contributed by atoms with E-state index in [1.165, 1.54) is 12.3 Å². The molecule has 1 aliphatic rings. The van der Waals surface area contributed by atoms with Gasteiger partial charge in [-0.05, 0) is 31.5 Å². The van der Waals surface area contributed by atoms with Crippen molar-refractivity contribution in [3.05, 3.63) is 17.3 Å². The second-order valence-corrected chi connectivity index (χ2v) is 6.85. The maximum Gasteiger partial charge on any atom is 0.244 e. The molecular weight excluding hydrogens is 323 g/mol. The molecule has 0 aromatic carbocycles. The van der Waals surface area contributed by atoms with Crippen LogP contribution in [0.2, 0.25) is 5.02 Å². The summed E-state index contributed by atoms with van der Waals surface area (Å²) in [5.41, 5.74) is 5.61. The van der Waals surface area contributed by atoms with Crippen molar-refractivity contribution in [1.82, 2.24) is 15.0 Å². The monoisotopic (exact) mass is 340 g/mol. The topological polar surface area (TPSA) is 97.1 Å². The third kappa shape index (κ3) is 3.95. The lowest BCUT2D eigenvalue weighted by Crippen LogP contribution is -2.48. The Labute approximate surface area is 129 Å². The normalized spacial score (nSPS) is 23.1. The second-order valence-electron chi connectivity index (χ2n) is 4.73. The molecule has 20 heavy (non-hydrogen) atoms. The molecule has 1 fully saturated rings. The van der Waals surface area contributed by atoms with E-state index in [4.69, 9.17) is 17.3 Å². The summed E-state index contributed by atoms with van der Waals surface area (Å²) in [6.45, 7) is 3.58. The third-order valence-electron chi connectivity index (χ3n) is 3.23. The number of nitrogens with zero attached hydrogens (tertiary/aromatic N) is 1. The summed E-state index contributed by atoms with van der Waals surface area (Å²) in [7, 11) is -3.70. The fraction of sp³-hybridized carbons (Fsp3) is 0.545. The molecule has 1 aliphatic heterocycles. The zero-order valence-corrected chi connectivity index (χ0v) is 13.4. The van der Waals surface area contributed by atoms with Crippen LogP contribution in [0, 0.1) is 5.92 Å². The Morgan fingerprint density at radius 1 is 1.55 bits per heavy atom. The molecule has 2 heterocycles. The molecule has 0 aliphatic carbocycles. The van der Waals surface area contributed by atoms with Gasteiger partial charge in [0.15, 0.2) is 0 Å². The summed E-state index contributed by atoms with van der Waals surface area (Å²) < 4.78 is 27.3. The maximum absolute atomic E-state index is 12.3. The van der Waals surface area contributed by atoms with Crippen molar-refractivity contribution in [3.8, 4) is 0 Å². The molecule has 2 unspecified atom stereocenters. The number of hydrogen-bond acceptors (Lipinski definition) is 5. The van der Waals surface area contributed by atoms with Crippen molar-refractivity contribution in [2.24, 2.45) is 5.92 Å². The highest BCUT2D eigenvalue weighted by Crippen LogP contribution is 2.22. The van der Waals surface area contributed by atoms with Gasteiger partial charge < -0.3 is 11.1 Å². The zero-order valence-electron chi connectivity index (χ0n) is 11.0. The highest BCUT2D eigenvalue weighted by atomic mass is 35.5. The van der Waals surface area contributed by atoms with Crippen LogP contribution in [-0.2, 0) is 10.0 Å². The Morgan fingerprint density at radius 2 is 2.25 bits per heavy atom. The second kappa shape index (κ2) is 6.91. The lowest BCUT2D eigenvalue weighted by Gasteiger charge is -2.30. The van der Waals surface area contributed by atoms with Crippen LogP contribution in [0.5, 0.6) is 0 Å². The Hall–Kier alpha value is -0.600. The van der Waals surface area contributed by atoms with Crippen molar-refractivity contribution < 1.29 is 8.42 Å². The number of aromatic nitrogens is 1. The number of nitrogens with one attached hydrogen (secondary N) is 2. The van der Waals surface area contributed by atoms with Crippen LogP contribution in [0.3, 0.4) is 0 Å². The number of anilines is 1. The van der Waals surface area contributed by atoms with Crippen molar-refractivity contribution >= 4 is 39.8 Å². The molecule has 0 radical (unpaired) electrons. The van der Waals surface area contributed by atoms with Crippen LogP contribution in [0.15, 0.2) is 17.2 Å². The summed E-state index contributed by atoms with van der Waals surface area (Å²) in [5.74, 6) is 0.176. The first-order chi connectivity index (χ1) is 8.90. The zero-order chi connectivity index (χ0) is 14.0. The number of rotatable bonds is 3. The van der Waals surface area contributed by atoms with Crippen LogP contribution in [-0.4, -0.2) is 32.5 Å². The molecule has 0 amide bonds. The summed E-state index contributed by atoms with van der Waals surface area (Å²) in [5, 5.41) is 3.46. The Morgan fingerprint density at radius 3 is 2.90 bits per heavy atom. The minimum Gasteiger partial charge on any atom is -0.383 e. The number of nitrogen functional groups attached to an aromatic ring is 1. The van der Waals surface area contributed by atoms with Gasteiger partial charge >= 0.3 is 0 Å². The van der Waals surface area contributed by atoms with E-state index in [1.54, 1.807) is 0 Å². The Balaban J connectivity index is 0.00000200. The highest BCUT2D eigenvalue weighted by Gasteiger charge is 2.28. The molecule has 114 valence electrons. The standard InChI is InChI=1S/C11H17ClN4O2S.ClH/c1-7-5-14-3-2-9(7)16-19(17,18)10-4-8(12)6-15-11(10)13;/h4,6-7,9,14,16H,2-3,5H2,1H3,(H2,13,15);1H. The van der Waals surface area contributed by atoms with Gasteiger partial charge in [0.1, 0.15) is 10.7 Å². The summed E-state index contributed by atoms with van der Waals surface area (Å²) in [6.07, 6.45) is 2.07. The quantitative estimate of drug-likeness (QED) is 0.763. The fourth-order valence-electron chi connectivity index (χ4n) is 2.10. The molecular formula is C11H18Cl2N4O2S. The molecule has 4 N–H and O–H groups in total. The molecule has 6 nitrogen and oxygen atoms in total. The fourth-order valence-corrected chi connectivity index (χ4v) is 3.81. The molecule has 9 heteroatoms. The largest absolute Gasteiger partial charge is 0.383 e. The van der Waals surface area contributed by atoms with Crippen LogP contribution < -0.4 is 15.8 Å². The lowest BCUT2D eigenvalue weighted by molar-refractivity contribution is 0.328. The van der Waals surface area contributed by atoms with Crippen LogP contribution in [0.25, 0.3) is 0 Å². The Kier molecular flexibility index (Phi) is 6.03. The SMILES string of the molecule is CC1CNCCC1NS(=O)(=O)c1cc(Cl)cnc1N.Cl. The van der Waals surface area contributed by atoms with E-state index in [1.807, 2.05) is 6.92 Å². The van der Waals surface area contributed by atoms with E-state index in [-0.39, 0.29) is 40.1 Å². The van der Waals surface area contributed by atoms with Gasteiger partial charge in [-0.25, -0.2) is 18.1 Å². The van der Waals surface area contributed by atoms with E-state index in [9.17, 15) is 8.42 Å². The van der Waals surface area contributed by atoms with E-state index < -0.39 is 10.0 Å². The van der Waals surface area contributed by atoms with Gasteiger partial charge in [0, 0.05) is 12.2 Å². The molecule has 0 spiro atoms. The van der Waals surface area contributed by atoms with Crippen molar-refractivity contribution in [2.45, 2.75) is 24.3 Å². The van der Waals surface area contributed by atoms with Crippen LogP contribution in [0.4, 0.5) is 5.82 Å². The third-order valence-corrected chi connectivity index (χ3v) is 4.96. The number of piperidine rings is 1. The van der Waals surface area contributed by atoms with Gasteiger partial charge in [0.05, 0.1) is 5.02 Å². The number of pyridine rings is 1. The molecule has 1 aromatic rings. The van der Waals surface area contributed by atoms with E-state index in [0.29, 0.717) is 0 Å². The molecule has 1 saturated heterocycles. The van der Waals surface area contributed by atoms with Gasteiger partial charge in [-0.3, -0.25) is 0 Å². The molecule has 0 bridgehead atoms. The van der Waals surface area contributed by atoms with E-state index >= 15 is 0 Å². The summed E-state index contributed by atoms with van der Waals surface area (Å²) in [6, 6.07) is 1.21. The minimum absolute atomic E-state index is 0. The summed E-state index contributed by atoms with van der Waals surface area (Å²) in [4.78, 5) is 3.71. The minimum atomic E-state index is -3.70. The summed E-state index contributed by atoms with van der Waals surface area (Å²) >= 11 is 5.77. The van der Waals surface area contributed by atoms with E-state index in [2.05, 4.69) is 15.0 Å². The molecule has 2 atom stereocenters. The van der Waals surface area contributed by atoms with E-state index in [0.717, 1.165) is 19.5 Å². The van der Waals surface area contributed by atoms with Gasteiger partial charge in [-0.15, -0.1) is 12.4 Å². The van der Waals surface area contributed by atoms with Crippen LogP contribution >= 0.6 is 24.0 Å². The first-order valence-corrected chi connectivity index (χ1v) is 7.90. The molecule has 1 aromatic heterocycles. The first kappa shape index (κ1) is 17.5.